The lowest BCUT2D eigenvalue weighted by molar-refractivity contribution is -0.0949. The molecule has 0 spiro atoms. The number of fused-ring (bicyclic) bond motifs is 2. The lowest BCUT2D eigenvalue weighted by atomic mass is 9.80. The number of anilines is 3. The first-order valence-corrected chi connectivity index (χ1v) is 37.0. The Morgan fingerprint density at radius 2 is 1.04 bits per heavy atom. The van der Waals surface area contributed by atoms with E-state index in [-0.39, 0.29) is 104 Å². The van der Waals surface area contributed by atoms with Crippen LogP contribution in [0.3, 0.4) is 0 Å². The first kappa shape index (κ1) is 76.2. The van der Waals surface area contributed by atoms with E-state index in [4.69, 9.17) is 81.8 Å². The molecule has 3 saturated heterocycles. The summed E-state index contributed by atoms with van der Waals surface area (Å²) >= 11 is 0. The van der Waals surface area contributed by atoms with Gasteiger partial charge < -0.3 is 54.7 Å². The maximum atomic E-state index is 15.8. The second-order valence-electron chi connectivity index (χ2n) is 24.4. The summed E-state index contributed by atoms with van der Waals surface area (Å²) in [5, 5.41) is 29.1. The summed E-state index contributed by atoms with van der Waals surface area (Å²) in [4.78, 5) is 65.8. The minimum absolute atomic E-state index is 0.00668. The quantitative estimate of drug-likeness (QED) is 0.0144. The number of nitrogens with two attached hydrogens (primary N) is 3. The molecule has 0 bridgehead atoms. The molecule has 3 fully saturated rings. The molecule has 0 radical (unpaired) electrons. The lowest BCUT2D eigenvalue weighted by Gasteiger charge is -2.37. The van der Waals surface area contributed by atoms with Crippen LogP contribution in [0.15, 0.2) is 118 Å². The van der Waals surface area contributed by atoms with Crippen molar-refractivity contribution >= 4 is 64.2 Å². The highest BCUT2D eigenvalue weighted by Crippen LogP contribution is 2.58. The molecule has 3 aliphatic rings. The van der Waals surface area contributed by atoms with Gasteiger partial charge >= 0.3 is 21.3 Å². The van der Waals surface area contributed by atoms with Crippen LogP contribution >= 0.6 is 24.2 Å². The summed E-state index contributed by atoms with van der Waals surface area (Å²) in [6.07, 6.45) is -8.16. The summed E-state index contributed by atoms with van der Waals surface area (Å²) in [7, 11) is -8.96. The molecule has 3 aromatic carbocycles. The van der Waals surface area contributed by atoms with Crippen LogP contribution in [0.2, 0.25) is 0 Å². The monoisotopic (exact) mass is 1490 g/mol. The number of benzene rings is 3. The number of nitriles is 3. The summed E-state index contributed by atoms with van der Waals surface area (Å²) in [6.45, 7) is 5.02. The highest BCUT2D eigenvalue weighted by atomic mass is 31.2. The lowest BCUT2D eigenvalue weighted by Crippen LogP contribution is -2.38. The Hall–Kier alpha value is -8.92. The van der Waals surface area contributed by atoms with Gasteiger partial charge in [0.1, 0.15) is 72.1 Å². The first-order chi connectivity index (χ1) is 50.1. The van der Waals surface area contributed by atoms with Crippen molar-refractivity contribution in [3.05, 3.63) is 152 Å². The van der Waals surface area contributed by atoms with Gasteiger partial charge in [-0.15, -0.1) is 0 Å². The van der Waals surface area contributed by atoms with Gasteiger partial charge in [0, 0.05) is 37.5 Å². The fraction of sp³-hybridized carbons (Fsp3) is 0.462. The smallest absolute Gasteiger partial charge is 0.475 e. The number of hydrogen-bond acceptors (Lipinski definition) is 31. The van der Waals surface area contributed by atoms with Crippen LogP contribution in [-0.4, -0.2) is 156 Å². The maximum Gasteiger partial charge on any atom is 0.475 e. The molecule has 3 unspecified atom stereocenters. The molecule has 39 heteroatoms. The number of aromatic nitrogens is 10. The first-order valence-electron chi connectivity index (χ1n) is 33.0. The minimum Gasteiger partial charge on any atom is -0.497 e. The second kappa shape index (κ2) is 33.9. The number of nitrogen functional groups attached to an aromatic ring is 3. The third-order valence-corrected chi connectivity index (χ3v) is 22.1. The van der Waals surface area contributed by atoms with E-state index in [1.54, 1.807) is 38.5 Å². The normalized spacial score (nSPS) is 22.0. The van der Waals surface area contributed by atoms with Gasteiger partial charge in [0.05, 0.1) is 110 Å². The van der Waals surface area contributed by atoms with Gasteiger partial charge in [-0.1, -0.05) is 54.6 Å². The number of ether oxygens (including phenoxy) is 6. The Bertz CT molecular complexity index is 4630. The van der Waals surface area contributed by atoms with Gasteiger partial charge in [0.15, 0.2) is 22.3 Å². The molecule has 36 nitrogen and oxygen atoms in total. The van der Waals surface area contributed by atoms with Gasteiger partial charge in [-0.05, 0) is 74.7 Å². The van der Waals surface area contributed by atoms with Crippen molar-refractivity contribution < 1.29 is 73.7 Å². The molecule has 0 amide bonds. The molecule has 8 aromatic rings. The van der Waals surface area contributed by atoms with Crippen molar-refractivity contribution in [1.82, 2.24) is 53.3 Å². The fourth-order valence-corrected chi connectivity index (χ4v) is 16.9. The Morgan fingerprint density at radius 1 is 0.596 bits per heavy atom. The topological polar surface area (TPSA) is 478 Å². The van der Waals surface area contributed by atoms with E-state index in [1.165, 1.54) is 34.1 Å². The number of phosphoric acid groups is 2. The third-order valence-electron chi connectivity index (χ3n) is 17.0. The predicted molar refractivity (Wildman–Crippen MR) is 371 cm³/mol. The molecule has 12 atom stereocenters. The van der Waals surface area contributed by atoms with Crippen molar-refractivity contribution in [3.63, 3.8) is 0 Å². The number of phosphoric ester groups is 2. The Balaban J connectivity index is 0.925. The van der Waals surface area contributed by atoms with Crippen LogP contribution < -0.4 is 43.5 Å². The molecule has 552 valence electrons. The maximum absolute atomic E-state index is 15.8. The zero-order valence-electron chi connectivity index (χ0n) is 57.3. The predicted octanol–water partition coefficient (Wildman–Crippen LogP) is 7.69. The third kappa shape index (κ3) is 17.4. The van der Waals surface area contributed by atoms with Crippen LogP contribution in [0.4, 0.5) is 17.7 Å². The molecule has 8 N–H and O–H groups in total. The summed E-state index contributed by atoms with van der Waals surface area (Å²) in [5.74, 6) is 0.597. The Morgan fingerprint density at radius 3 is 1.50 bits per heavy atom. The summed E-state index contributed by atoms with van der Waals surface area (Å²) in [6, 6.07) is 31.0. The number of H-pyrrole nitrogens is 2. The highest BCUT2D eigenvalue weighted by molar-refractivity contribution is 7.48. The van der Waals surface area contributed by atoms with E-state index >= 15 is 9.13 Å². The Kier molecular flexibility index (Phi) is 24.8. The van der Waals surface area contributed by atoms with E-state index in [0.29, 0.717) is 28.2 Å². The largest absolute Gasteiger partial charge is 0.497 e. The van der Waals surface area contributed by atoms with Crippen molar-refractivity contribution in [2.45, 2.75) is 139 Å². The number of imidazole rings is 2. The zero-order chi connectivity index (χ0) is 73.9. The highest BCUT2D eigenvalue weighted by Gasteiger charge is 2.50. The van der Waals surface area contributed by atoms with Crippen LogP contribution in [-0.2, 0) is 69.9 Å². The molecule has 3 aliphatic heterocycles. The summed E-state index contributed by atoms with van der Waals surface area (Å²) in [5.41, 5.74) is 16.4. The SMILES string of the molecule is COc1ccc(C(OC[C@H]2O[C@@H](n3cnc4c(=O)[nH]c(N)nc43)C[C@@H]2OP(=O)(OCCC#N)OC[C@H]2O[C@@H](n3ccc(N)nc3=O)C[C@@H]2OP(=O)(OCCC#N)OC[C@H]2O[C@@H](n3cnc4c(=O)[nH]c(N)nc43)C[C@@H]2OP(OCCC#N)N(C(C)C)C(C)C)(c2ccccc2)c2ccc(OC)cc2)cc1. The fourth-order valence-electron chi connectivity index (χ4n) is 12.3. The number of nitrogens with one attached hydrogen (secondary N) is 2. The van der Waals surface area contributed by atoms with Crippen molar-refractivity contribution in [2.75, 3.05) is 71.1 Å². The molecule has 8 heterocycles. The van der Waals surface area contributed by atoms with Crippen LogP contribution in [0, 0.1) is 34.0 Å². The standard InChI is InChI=1S/C65H78N17O19P3/c1-39(2)82(40(3)4)102(91-28-10-24-66)99-46-31-54(80-37-72-56-58(80)75-62(70)77-60(56)83)97-50(46)35-94-103(86,92-29-11-25-67)101-48-32-53(79-27-23-52(69)74-64(79)85)98-51(48)36-95-104(87,93-30-12-26-68)100-47-33-55(81-38-73-57-59(81)76-63(71)78-61(57)84)96-49(47)34-90-65(41-13-8-7-9-14-41,42-15-19-44(88-5)20-16-42)43-17-21-45(89-6)22-18-43/h7-9,13-23,27,37-40,46-51,53-55H,10-12,28-36H2,1-6H3,(H2,69,74,85)(H3,70,75,77,83)(H3,71,76,78,84)/t46-,47-,48-,49+,50+,51+,53+,54+,55+,102?,103?,104?/m0/s1. The molecule has 0 saturated carbocycles. The molecular formula is C65H78N17O19P3. The van der Waals surface area contributed by atoms with E-state index in [1.807, 2.05) is 99.1 Å². The van der Waals surface area contributed by atoms with Gasteiger partial charge in [-0.25, -0.2) is 28.6 Å². The van der Waals surface area contributed by atoms with Crippen LogP contribution in [0.1, 0.15) is 102 Å². The average molecular weight is 1490 g/mol. The van der Waals surface area contributed by atoms with Crippen LogP contribution in [0.5, 0.6) is 11.5 Å². The molecule has 0 aliphatic carbocycles. The molecule has 5 aromatic heterocycles. The number of hydrogen-bond donors (Lipinski definition) is 5. The Labute approximate surface area is 596 Å². The van der Waals surface area contributed by atoms with Crippen molar-refractivity contribution in [2.24, 2.45) is 0 Å². The summed E-state index contributed by atoms with van der Waals surface area (Å²) < 4.78 is 126. The van der Waals surface area contributed by atoms with Gasteiger partial charge in [-0.2, -0.15) is 30.7 Å². The average Bonchev–Trinajstić information content (AvgIpc) is 1.04. The van der Waals surface area contributed by atoms with Gasteiger partial charge in [0.25, 0.3) is 19.6 Å². The van der Waals surface area contributed by atoms with Crippen molar-refractivity contribution in [3.8, 4) is 29.7 Å². The molecule has 104 heavy (non-hydrogen) atoms. The molecular weight excluding hydrogens is 1420 g/mol. The number of nitrogens with zero attached hydrogens (tertiary/aromatic N) is 12. The second-order valence-corrected chi connectivity index (χ2v) is 29.1. The zero-order valence-corrected chi connectivity index (χ0v) is 60.0. The minimum atomic E-state index is -5.07. The number of aromatic amines is 2. The van der Waals surface area contributed by atoms with E-state index in [0.717, 1.165) is 4.57 Å². The van der Waals surface area contributed by atoms with Gasteiger partial charge in [-0.3, -0.25) is 60.4 Å². The van der Waals surface area contributed by atoms with E-state index in [9.17, 15) is 30.2 Å². The number of methoxy groups -OCH3 is 2. The van der Waals surface area contributed by atoms with E-state index in [2.05, 4.69) is 41.0 Å². The number of rotatable bonds is 35. The van der Waals surface area contributed by atoms with E-state index < -0.39 is 128 Å². The van der Waals surface area contributed by atoms with Crippen molar-refractivity contribution in [1.29, 1.82) is 15.8 Å². The van der Waals surface area contributed by atoms with Gasteiger partial charge in [0.2, 0.25) is 11.9 Å². The van der Waals surface area contributed by atoms with Crippen LogP contribution in [0.25, 0.3) is 22.3 Å². The molecule has 11 rings (SSSR count).